The van der Waals surface area contributed by atoms with Crippen molar-refractivity contribution in [2.45, 2.75) is 6.61 Å². The second-order valence-electron chi connectivity index (χ2n) is 3.23. The number of imidazole rings is 1. The van der Waals surface area contributed by atoms with Gasteiger partial charge in [-0.2, -0.15) is 0 Å². The molecule has 0 fully saturated rings. The lowest BCUT2D eigenvalue weighted by Crippen LogP contribution is -2.14. The highest BCUT2D eigenvalue weighted by Crippen LogP contribution is 2.05. The van der Waals surface area contributed by atoms with Gasteiger partial charge in [0.25, 0.3) is 0 Å². The van der Waals surface area contributed by atoms with Crippen molar-refractivity contribution in [3.05, 3.63) is 48.4 Å². The Morgan fingerprint density at radius 3 is 2.75 bits per heavy atom. The third kappa shape index (κ3) is 2.20. The Labute approximate surface area is 92.5 Å². The van der Waals surface area contributed by atoms with Crippen LogP contribution in [0.1, 0.15) is 5.56 Å². The molecule has 16 heavy (non-hydrogen) atoms. The van der Waals surface area contributed by atoms with Gasteiger partial charge in [-0.15, -0.1) is 0 Å². The summed E-state index contributed by atoms with van der Waals surface area (Å²) in [6.45, 7) is 0.220. The van der Waals surface area contributed by atoms with Crippen molar-refractivity contribution < 1.29 is 9.53 Å². The van der Waals surface area contributed by atoms with E-state index in [1.54, 1.807) is 0 Å². The Morgan fingerprint density at radius 2 is 2.12 bits per heavy atom. The highest BCUT2D eigenvalue weighted by atomic mass is 16.5. The molecule has 0 atom stereocenters. The summed E-state index contributed by atoms with van der Waals surface area (Å²) in [5, 5.41) is 0. The van der Waals surface area contributed by atoms with Gasteiger partial charge in [0.15, 0.2) is 0 Å². The fraction of sp³-hybridized carbons (Fsp3) is 0.0909. The van der Waals surface area contributed by atoms with Crippen LogP contribution in [0.5, 0.6) is 0 Å². The minimum atomic E-state index is -0.529. The monoisotopic (exact) mass is 217 g/mol. The van der Waals surface area contributed by atoms with Gasteiger partial charge in [0, 0.05) is 0 Å². The van der Waals surface area contributed by atoms with Crippen molar-refractivity contribution in [1.29, 1.82) is 0 Å². The lowest BCUT2D eigenvalue weighted by atomic mass is 10.2. The topological polar surface area (TPSA) is 70.1 Å². The molecule has 2 rings (SSSR count). The van der Waals surface area contributed by atoms with Crippen molar-refractivity contribution in [3.63, 3.8) is 0 Å². The number of rotatable bonds is 2. The average Bonchev–Trinajstić information content (AvgIpc) is 2.74. The van der Waals surface area contributed by atoms with Crippen LogP contribution < -0.4 is 5.73 Å². The summed E-state index contributed by atoms with van der Waals surface area (Å²) in [6.07, 6.45) is 2.19. The smallest absolute Gasteiger partial charge is 0.421 e. The highest BCUT2D eigenvalue weighted by Gasteiger charge is 2.08. The number of aromatic nitrogens is 2. The molecule has 0 spiro atoms. The van der Waals surface area contributed by atoms with Gasteiger partial charge in [-0.05, 0) is 5.56 Å². The molecule has 1 aromatic heterocycles. The lowest BCUT2D eigenvalue weighted by Gasteiger charge is -2.05. The molecule has 0 amide bonds. The van der Waals surface area contributed by atoms with Crippen molar-refractivity contribution >= 4 is 11.9 Å². The van der Waals surface area contributed by atoms with Crippen molar-refractivity contribution in [2.75, 3.05) is 5.73 Å². The number of anilines is 1. The van der Waals surface area contributed by atoms with E-state index >= 15 is 0 Å². The Hall–Kier alpha value is -2.30. The van der Waals surface area contributed by atoms with Gasteiger partial charge in [0.1, 0.15) is 18.8 Å². The van der Waals surface area contributed by atoms with Gasteiger partial charge in [0.2, 0.25) is 0 Å². The predicted octanol–water partition coefficient (Wildman–Crippen LogP) is 1.65. The van der Waals surface area contributed by atoms with E-state index in [9.17, 15) is 4.79 Å². The number of carbonyl (C=O) groups is 1. The van der Waals surface area contributed by atoms with Crippen molar-refractivity contribution in [1.82, 2.24) is 9.55 Å². The van der Waals surface area contributed by atoms with E-state index in [4.69, 9.17) is 10.5 Å². The van der Waals surface area contributed by atoms with Crippen LogP contribution in [0.3, 0.4) is 0 Å². The summed E-state index contributed by atoms with van der Waals surface area (Å²) in [5.41, 5.74) is 6.44. The first-order chi connectivity index (χ1) is 7.77. The summed E-state index contributed by atoms with van der Waals surface area (Å²) in [5.74, 6) is 0.262. The Kier molecular flexibility index (Phi) is 2.86. The van der Waals surface area contributed by atoms with Crippen LogP contribution in [0.25, 0.3) is 0 Å². The SMILES string of the molecule is Nc1cncn1C(=O)OCc1ccccc1. The summed E-state index contributed by atoms with van der Waals surface area (Å²) in [7, 11) is 0. The van der Waals surface area contributed by atoms with Crippen LogP contribution in [0.15, 0.2) is 42.9 Å². The number of hydrogen-bond acceptors (Lipinski definition) is 4. The zero-order valence-corrected chi connectivity index (χ0v) is 8.54. The van der Waals surface area contributed by atoms with Gasteiger partial charge in [-0.25, -0.2) is 14.3 Å². The molecule has 0 saturated carbocycles. The number of nitrogens with two attached hydrogens (primary N) is 1. The third-order valence-corrected chi connectivity index (χ3v) is 2.07. The lowest BCUT2D eigenvalue weighted by molar-refractivity contribution is 0.142. The first-order valence-corrected chi connectivity index (χ1v) is 4.76. The normalized spacial score (nSPS) is 10.0. The van der Waals surface area contributed by atoms with Crippen molar-refractivity contribution in [2.24, 2.45) is 0 Å². The molecule has 0 aliphatic rings. The predicted molar refractivity (Wildman–Crippen MR) is 58.7 cm³/mol. The Balaban J connectivity index is 1.97. The van der Waals surface area contributed by atoms with Crippen LogP contribution in [0.2, 0.25) is 0 Å². The molecule has 0 aliphatic heterocycles. The van der Waals surface area contributed by atoms with E-state index in [1.165, 1.54) is 12.5 Å². The molecule has 1 aromatic carbocycles. The second kappa shape index (κ2) is 4.48. The molecule has 5 nitrogen and oxygen atoms in total. The molecule has 0 aliphatic carbocycles. The van der Waals surface area contributed by atoms with Crippen molar-refractivity contribution in [3.8, 4) is 0 Å². The van der Waals surface area contributed by atoms with Gasteiger partial charge in [0.05, 0.1) is 6.20 Å². The molecule has 2 N–H and O–H groups in total. The van der Waals surface area contributed by atoms with Crippen LogP contribution in [-0.4, -0.2) is 15.6 Å². The average molecular weight is 217 g/mol. The first kappa shape index (κ1) is 10.2. The van der Waals surface area contributed by atoms with Crippen LogP contribution >= 0.6 is 0 Å². The van der Waals surface area contributed by atoms with Gasteiger partial charge >= 0.3 is 6.09 Å². The largest absolute Gasteiger partial charge is 0.444 e. The summed E-state index contributed by atoms with van der Waals surface area (Å²) < 4.78 is 6.21. The van der Waals surface area contributed by atoms with Crippen LogP contribution in [-0.2, 0) is 11.3 Å². The molecule has 0 saturated heterocycles. The van der Waals surface area contributed by atoms with E-state index in [2.05, 4.69) is 4.98 Å². The summed E-state index contributed by atoms with van der Waals surface area (Å²) in [4.78, 5) is 15.3. The van der Waals surface area contributed by atoms with Crippen LogP contribution in [0.4, 0.5) is 10.6 Å². The number of nitrogen functional groups attached to an aromatic ring is 1. The van der Waals surface area contributed by atoms with E-state index in [1.807, 2.05) is 30.3 Å². The number of benzene rings is 1. The van der Waals surface area contributed by atoms with E-state index in [-0.39, 0.29) is 12.4 Å². The Bertz CT molecular complexity index is 479. The summed E-state index contributed by atoms with van der Waals surface area (Å²) >= 11 is 0. The minimum absolute atomic E-state index is 0.220. The summed E-state index contributed by atoms with van der Waals surface area (Å²) in [6, 6.07) is 9.43. The maximum Gasteiger partial charge on any atom is 0.421 e. The quantitative estimate of drug-likeness (QED) is 0.830. The van der Waals surface area contributed by atoms with Gasteiger partial charge in [-0.3, -0.25) is 0 Å². The standard InChI is InChI=1S/C11H11N3O2/c12-10-6-13-8-14(10)11(15)16-7-9-4-2-1-3-5-9/h1-6,8H,7,12H2. The maximum atomic E-state index is 11.5. The van der Waals surface area contributed by atoms with Gasteiger partial charge < -0.3 is 10.5 Å². The Morgan fingerprint density at radius 1 is 1.38 bits per heavy atom. The third-order valence-electron chi connectivity index (χ3n) is 2.07. The molecular weight excluding hydrogens is 206 g/mol. The highest BCUT2D eigenvalue weighted by molar-refractivity contribution is 5.73. The van der Waals surface area contributed by atoms with Crippen LogP contribution in [0, 0.1) is 0 Å². The maximum absolute atomic E-state index is 11.5. The van der Waals surface area contributed by atoms with E-state index in [0.717, 1.165) is 10.1 Å². The first-order valence-electron chi connectivity index (χ1n) is 4.76. The fourth-order valence-corrected chi connectivity index (χ4v) is 1.25. The molecule has 0 unspecified atom stereocenters. The molecule has 0 bridgehead atoms. The van der Waals surface area contributed by atoms with Gasteiger partial charge in [-0.1, -0.05) is 30.3 Å². The zero-order chi connectivity index (χ0) is 11.4. The molecular formula is C11H11N3O2. The number of hydrogen-bond donors (Lipinski definition) is 1. The number of ether oxygens (including phenoxy) is 1. The molecule has 82 valence electrons. The van der Waals surface area contributed by atoms with E-state index in [0.29, 0.717) is 0 Å². The number of carbonyl (C=O) groups excluding carboxylic acids is 1. The zero-order valence-electron chi connectivity index (χ0n) is 8.54. The molecule has 5 heteroatoms. The minimum Gasteiger partial charge on any atom is -0.444 e. The van der Waals surface area contributed by atoms with E-state index < -0.39 is 6.09 Å². The second-order valence-corrected chi connectivity index (χ2v) is 3.23. The molecule has 2 aromatic rings. The molecule has 0 radical (unpaired) electrons. The fourth-order valence-electron chi connectivity index (χ4n) is 1.25. The number of nitrogens with zero attached hydrogens (tertiary/aromatic N) is 2. The molecule has 1 heterocycles.